The zero-order valence-corrected chi connectivity index (χ0v) is 29.7. The highest BCUT2D eigenvalue weighted by atomic mass is 31.2. The molecule has 258 valence electrons. The van der Waals surface area contributed by atoms with E-state index in [1.165, 1.54) is 116 Å². The second-order valence-electron chi connectivity index (χ2n) is 13.8. The summed E-state index contributed by atoms with van der Waals surface area (Å²) in [6, 6.07) is 0. The Bertz CT molecular complexity index is 673. The molecule has 1 rings (SSSR count). The van der Waals surface area contributed by atoms with Gasteiger partial charge in [-0.05, 0) is 51.5 Å². The second-order valence-corrected chi connectivity index (χ2v) is 15.2. The Morgan fingerprint density at radius 1 is 0.791 bits per heavy atom. The molecule has 3 unspecified atom stereocenters. The first-order valence-electron chi connectivity index (χ1n) is 18.2. The van der Waals surface area contributed by atoms with Gasteiger partial charge >= 0.3 is 7.82 Å². The fourth-order valence-corrected chi connectivity index (χ4v) is 7.35. The Balaban J connectivity index is 2.02. The van der Waals surface area contributed by atoms with Crippen LogP contribution in [0.2, 0.25) is 0 Å². The topological polar surface area (TPSA) is 100 Å². The Kier molecular flexibility index (Phi) is 24.9. The highest BCUT2D eigenvalue weighted by molar-refractivity contribution is 7.47. The third-order valence-electron chi connectivity index (χ3n) is 9.57. The van der Waals surface area contributed by atoms with Crippen LogP contribution >= 0.6 is 7.82 Å². The number of methoxy groups -OCH3 is 1. The molecule has 0 radical (unpaired) electrons. The lowest BCUT2D eigenvalue weighted by molar-refractivity contribution is -0.0362. The van der Waals surface area contributed by atoms with Crippen LogP contribution < -0.4 is 5.73 Å². The van der Waals surface area contributed by atoms with E-state index in [4.69, 9.17) is 24.3 Å². The fraction of sp³-hybridized carbons (Fsp3) is 1.00. The molecule has 0 spiro atoms. The minimum absolute atomic E-state index is 0.0435. The van der Waals surface area contributed by atoms with Crippen molar-refractivity contribution in [3.05, 3.63) is 0 Å². The standard InChI is InChI=1S/C35H72NO6P/c1-32(24-18-13-10-11-15-22-28-36)35(2,3)42-43(37,38)41-31-34(39-4)30-40-29-23-16-12-8-6-5-7-9-14-19-25-33-26-20-17-21-27-33/h32-34H,5-31,36H2,1-4H3,(H,37,38). The maximum atomic E-state index is 12.7. The predicted octanol–water partition coefficient (Wildman–Crippen LogP) is 10.1. The van der Waals surface area contributed by atoms with E-state index in [0.717, 1.165) is 44.6 Å². The first kappa shape index (κ1) is 41.0. The molecule has 8 heteroatoms. The molecule has 7 nitrogen and oxygen atoms in total. The monoisotopic (exact) mass is 634 g/mol. The zero-order chi connectivity index (χ0) is 31.7. The zero-order valence-electron chi connectivity index (χ0n) is 28.8. The minimum Gasteiger partial charge on any atom is -0.379 e. The summed E-state index contributed by atoms with van der Waals surface area (Å²) >= 11 is 0. The molecule has 0 heterocycles. The molecule has 0 amide bonds. The van der Waals surface area contributed by atoms with Crippen molar-refractivity contribution in [2.75, 3.05) is 33.5 Å². The van der Waals surface area contributed by atoms with Gasteiger partial charge in [-0.25, -0.2) is 4.57 Å². The highest BCUT2D eigenvalue weighted by Crippen LogP contribution is 2.49. The summed E-state index contributed by atoms with van der Waals surface area (Å²) in [6.07, 6.45) is 29.5. The Morgan fingerprint density at radius 3 is 1.91 bits per heavy atom. The van der Waals surface area contributed by atoms with Gasteiger partial charge < -0.3 is 20.1 Å². The first-order valence-corrected chi connectivity index (χ1v) is 19.7. The van der Waals surface area contributed by atoms with Crippen LogP contribution in [-0.4, -0.2) is 50.1 Å². The van der Waals surface area contributed by atoms with Crippen LogP contribution in [0.15, 0.2) is 0 Å². The van der Waals surface area contributed by atoms with Crippen LogP contribution in [0.3, 0.4) is 0 Å². The van der Waals surface area contributed by atoms with Crippen LogP contribution in [0, 0.1) is 11.8 Å². The molecular weight excluding hydrogens is 561 g/mol. The molecule has 0 aromatic heterocycles. The maximum Gasteiger partial charge on any atom is 0.472 e. The van der Waals surface area contributed by atoms with Crippen molar-refractivity contribution in [3.8, 4) is 0 Å². The van der Waals surface area contributed by atoms with Gasteiger partial charge in [-0.3, -0.25) is 9.05 Å². The van der Waals surface area contributed by atoms with Gasteiger partial charge in [-0.1, -0.05) is 135 Å². The molecule has 0 aliphatic heterocycles. The number of nitrogens with two attached hydrogens (primary N) is 1. The quantitative estimate of drug-likeness (QED) is 0.0599. The molecule has 1 aliphatic rings. The van der Waals surface area contributed by atoms with E-state index >= 15 is 0 Å². The van der Waals surface area contributed by atoms with E-state index in [0.29, 0.717) is 13.2 Å². The number of phosphoric ester groups is 1. The minimum atomic E-state index is -4.22. The van der Waals surface area contributed by atoms with E-state index in [1.807, 2.05) is 13.8 Å². The lowest BCUT2D eigenvalue weighted by Crippen LogP contribution is -2.32. The van der Waals surface area contributed by atoms with Gasteiger partial charge in [0.1, 0.15) is 6.10 Å². The second kappa shape index (κ2) is 26.1. The molecule has 0 bridgehead atoms. The lowest BCUT2D eigenvalue weighted by Gasteiger charge is -2.33. The number of phosphoric acid groups is 1. The van der Waals surface area contributed by atoms with Gasteiger partial charge in [0.05, 0.1) is 18.8 Å². The summed E-state index contributed by atoms with van der Waals surface area (Å²) in [6.45, 7) is 7.53. The van der Waals surface area contributed by atoms with Gasteiger partial charge in [0.2, 0.25) is 0 Å². The summed E-state index contributed by atoms with van der Waals surface area (Å²) < 4.78 is 34.8. The van der Waals surface area contributed by atoms with E-state index in [9.17, 15) is 9.46 Å². The Morgan fingerprint density at radius 2 is 1.33 bits per heavy atom. The fourth-order valence-electron chi connectivity index (χ4n) is 6.17. The first-order chi connectivity index (χ1) is 20.7. The molecule has 1 aliphatic carbocycles. The van der Waals surface area contributed by atoms with Gasteiger partial charge in [0, 0.05) is 13.7 Å². The highest BCUT2D eigenvalue weighted by Gasteiger charge is 2.36. The van der Waals surface area contributed by atoms with E-state index in [-0.39, 0.29) is 12.5 Å². The third kappa shape index (κ3) is 23.0. The largest absolute Gasteiger partial charge is 0.472 e. The molecule has 43 heavy (non-hydrogen) atoms. The van der Waals surface area contributed by atoms with Gasteiger partial charge in [-0.2, -0.15) is 0 Å². The van der Waals surface area contributed by atoms with Crippen molar-refractivity contribution in [1.82, 2.24) is 0 Å². The molecule has 1 fully saturated rings. The normalized spacial score (nSPS) is 17.6. The number of hydrogen-bond donors (Lipinski definition) is 2. The van der Waals surface area contributed by atoms with Gasteiger partial charge in [0.25, 0.3) is 0 Å². The van der Waals surface area contributed by atoms with Crippen molar-refractivity contribution in [3.63, 3.8) is 0 Å². The molecule has 0 aromatic carbocycles. The molecule has 0 aromatic rings. The summed E-state index contributed by atoms with van der Waals surface area (Å²) in [5, 5.41) is 0. The van der Waals surface area contributed by atoms with Crippen molar-refractivity contribution in [2.24, 2.45) is 17.6 Å². The van der Waals surface area contributed by atoms with Crippen LogP contribution in [0.4, 0.5) is 0 Å². The number of hydrogen-bond acceptors (Lipinski definition) is 6. The van der Waals surface area contributed by atoms with Gasteiger partial charge in [-0.15, -0.1) is 0 Å². The smallest absolute Gasteiger partial charge is 0.379 e. The van der Waals surface area contributed by atoms with Crippen molar-refractivity contribution in [1.29, 1.82) is 0 Å². The van der Waals surface area contributed by atoms with Gasteiger partial charge in [0.15, 0.2) is 0 Å². The lowest BCUT2D eigenvalue weighted by atomic mass is 9.85. The van der Waals surface area contributed by atoms with Crippen LogP contribution in [0.1, 0.15) is 168 Å². The molecule has 3 N–H and O–H groups in total. The molecule has 0 saturated heterocycles. The molecule has 1 saturated carbocycles. The van der Waals surface area contributed by atoms with Crippen molar-refractivity contribution < 1.29 is 28.0 Å². The molecular formula is C35H72NO6P. The van der Waals surface area contributed by atoms with Crippen molar-refractivity contribution in [2.45, 2.75) is 180 Å². The summed E-state index contributed by atoms with van der Waals surface area (Å²) in [7, 11) is -2.65. The van der Waals surface area contributed by atoms with E-state index in [2.05, 4.69) is 6.92 Å². The van der Waals surface area contributed by atoms with Crippen LogP contribution in [0.5, 0.6) is 0 Å². The summed E-state index contributed by atoms with van der Waals surface area (Å²) in [4.78, 5) is 10.4. The SMILES string of the molecule is COC(COCCCCCCCCCCCCC1CCCCC1)COP(=O)(O)OC(C)(C)C(C)CCCCCCCCN. The van der Waals surface area contributed by atoms with E-state index in [1.54, 1.807) is 7.11 Å². The predicted molar refractivity (Wildman–Crippen MR) is 180 cm³/mol. The third-order valence-corrected chi connectivity index (χ3v) is 10.7. The average Bonchev–Trinajstić information content (AvgIpc) is 2.98. The molecule has 3 atom stereocenters. The number of rotatable bonds is 30. The van der Waals surface area contributed by atoms with Crippen LogP contribution in [-0.2, 0) is 23.1 Å². The summed E-state index contributed by atoms with van der Waals surface area (Å²) in [5.74, 6) is 1.17. The summed E-state index contributed by atoms with van der Waals surface area (Å²) in [5.41, 5.74) is 4.78. The Labute approximate surface area is 266 Å². The van der Waals surface area contributed by atoms with Crippen molar-refractivity contribution >= 4 is 7.82 Å². The maximum absolute atomic E-state index is 12.7. The van der Waals surface area contributed by atoms with Crippen LogP contribution in [0.25, 0.3) is 0 Å². The Hall–Kier alpha value is -0.0100. The number of ether oxygens (including phenoxy) is 2. The number of unbranched alkanes of at least 4 members (excludes halogenated alkanes) is 14. The average molecular weight is 634 g/mol. The van der Waals surface area contributed by atoms with E-state index < -0.39 is 19.5 Å².